The van der Waals surface area contributed by atoms with Crippen molar-refractivity contribution < 1.29 is 33.7 Å². The van der Waals surface area contributed by atoms with Crippen LogP contribution in [-0.2, 0) is 9.53 Å². The number of ether oxygens (including phenoxy) is 2. The SMILES string of the molecule is COc1ccc(F)cc1[C@H](CN1c2sc(-n3cccn3)c(C)c2C(=O)N(C(C)(C)C(N)=O)C1O)O[C@H]1CC[C@@H](O)CC1. The first kappa shape index (κ1) is 30.0. The van der Waals surface area contributed by atoms with Gasteiger partial charge in [-0.25, -0.2) is 9.07 Å². The minimum absolute atomic E-state index is 0.0237. The van der Waals surface area contributed by atoms with Gasteiger partial charge in [-0.1, -0.05) is 11.3 Å². The second kappa shape index (κ2) is 11.6. The monoisotopic (exact) mass is 601 g/mol. The number of nitrogens with zero attached hydrogens (tertiary/aromatic N) is 4. The summed E-state index contributed by atoms with van der Waals surface area (Å²) < 4.78 is 28.4. The molecule has 3 aromatic rings. The Labute approximate surface area is 247 Å². The van der Waals surface area contributed by atoms with Gasteiger partial charge < -0.3 is 30.3 Å². The van der Waals surface area contributed by atoms with Crippen molar-refractivity contribution in [3.05, 3.63) is 59.2 Å². The topological polar surface area (TPSA) is 143 Å². The predicted molar refractivity (Wildman–Crippen MR) is 154 cm³/mol. The molecule has 42 heavy (non-hydrogen) atoms. The third-order valence-corrected chi connectivity index (χ3v) is 9.44. The lowest BCUT2D eigenvalue weighted by Crippen LogP contribution is -2.66. The smallest absolute Gasteiger partial charge is 0.261 e. The number of carbonyl (C=O) groups excluding carboxylic acids is 2. The Morgan fingerprint density at radius 3 is 2.57 bits per heavy atom. The van der Waals surface area contributed by atoms with Gasteiger partial charge in [0.1, 0.15) is 33.2 Å². The van der Waals surface area contributed by atoms with Crippen LogP contribution in [0.25, 0.3) is 5.00 Å². The number of anilines is 1. The molecule has 2 atom stereocenters. The average Bonchev–Trinajstić information content (AvgIpc) is 3.59. The van der Waals surface area contributed by atoms with Gasteiger partial charge in [-0.3, -0.25) is 14.5 Å². The molecule has 1 unspecified atom stereocenters. The minimum Gasteiger partial charge on any atom is -0.496 e. The van der Waals surface area contributed by atoms with Crippen molar-refractivity contribution in [1.29, 1.82) is 0 Å². The number of hydrogen-bond donors (Lipinski definition) is 3. The van der Waals surface area contributed by atoms with Crippen LogP contribution in [0.4, 0.5) is 9.39 Å². The van der Waals surface area contributed by atoms with E-state index in [1.165, 1.54) is 50.5 Å². The number of halogens is 1. The first-order valence-electron chi connectivity index (χ1n) is 13.8. The summed E-state index contributed by atoms with van der Waals surface area (Å²) in [7, 11) is 1.48. The Morgan fingerprint density at radius 1 is 1.24 bits per heavy atom. The van der Waals surface area contributed by atoms with Gasteiger partial charge in [-0.15, -0.1) is 0 Å². The van der Waals surface area contributed by atoms with Gasteiger partial charge in [-0.2, -0.15) is 5.10 Å². The molecule has 0 spiro atoms. The number of methoxy groups -OCH3 is 1. The maximum absolute atomic E-state index is 14.6. The fraction of sp³-hybridized carbons (Fsp3) is 0.483. The van der Waals surface area contributed by atoms with Crippen LogP contribution in [0.1, 0.15) is 67.1 Å². The van der Waals surface area contributed by atoms with E-state index in [1.807, 2.05) is 0 Å². The van der Waals surface area contributed by atoms with Crippen LogP contribution in [0.3, 0.4) is 0 Å². The van der Waals surface area contributed by atoms with E-state index in [4.69, 9.17) is 15.2 Å². The molecule has 5 rings (SSSR count). The van der Waals surface area contributed by atoms with E-state index in [0.717, 1.165) is 4.90 Å². The van der Waals surface area contributed by atoms with Crippen LogP contribution in [0.2, 0.25) is 0 Å². The zero-order valence-electron chi connectivity index (χ0n) is 24.0. The Morgan fingerprint density at radius 2 is 1.95 bits per heavy atom. The molecule has 2 aliphatic rings. The molecule has 1 fully saturated rings. The van der Waals surface area contributed by atoms with Crippen molar-refractivity contribution in [3.8, 4) is 10.8 Å². The lowest BCUT2D eigenvalue weighted by Gasteiger charge is -2.48. The van der Waals surface area contributed by atoms with Crippen LogP contribution in [0.15, 0.2) is 36.7 Å². The van der Waals surface area contributed by atoms with Crippen molar-refractivity contribution >= 4 is 28.2 Å². The largest absolute Gasteiger partial charge is 0.496 e. The molecule has 1 aromatic carbocycles. The number of rotatable bonds is 9. The number of nitrogens with two attached hydrogens (primary N) is 1. The number of fused-ring (bicyclic) bond motifs is 1. The highest BCUT2D eigenvalue weighted by atomic mass is 32.1. The molecule has 2 amide bonds. The van der Waals surface area contributed by atoms with Crippen LogP contribution < -0.4 is 15.4 Å². The average molecular weight is 602 g/mol. The third kappa shape index (κ3) is 5.37. The Bertz CT molecular complexity index is 1450. The number of aromatic nitrogens is 2. The summed E-state index contributed by atoms with van der Waals surface area (Å²) in [6.45, 7) is 4.72. The molecule has 226 valence electrons. The Balaban J connectivity index is 1.63. The number of aliphatic hydroxyl groups excluding tert-OH is 2. The number of aliphatic hydroxyl groups is 2. The second-order valence-corrected chi connectivity index (χ2v) is 12.2. The standard InChI is InChI=1S/C29H36FN5O6S/c1-16-23-24(37)35(29(2,3)27(31)38)28(39)33(26(23)42-25(16)34-13-5-12-32-34)15-22(41-19-9-7-18(36)8-10-19)20-14-17(30)6-11-21(20)40-4/h5-6,11-14,18-19,22,28,36,39H,7-10,15H2,1-4H3,(H2,31,38)/t18-,19+,22-,28?/m0/s1. The number of carbonyl (C=O) groups is 2. The van der Waals surface area contributed by atoms with Crippen LogP contribution in [-0.4, -0.2) is 74.5 Å². The molecule has 3 heterocycles. The van der Waals surface area contributed by atoms with Crippen LogP contribution >= 0.6 is 11.3 Å². The first-order chi connectivity index (χ1) is 19.9. The van der Waals surface area contributed by atoms with Crippen molar-refractivity contribution in [2.75, 3.05) is 18.6 Å². The Kier molecular flexibility index (Phi) is 8.30. The van der Waals surface area contributed by atoms with Gasteiger partial charge in [0, 0.05) is 23.5 Å². The molecule has 2 aromatic heterocycles. The third-order valence-electron chi connectivity index (χ3n) is 8.13. The Hall–Kier alpha value is -3.52. The summed E-state index contributed by atoms with van der Waals surface area (Å²) in [6, 6.07) is 5.90. The van der Waals surface area contributed by atoms with Crippen molar-refractivity contribution in [1.82, 2.24) is 14.7 Å². The molecule has 1 aliphatic heterocycles. The number of amides is 2. The maximum atomic E-state index is 14.6. The van der Waals surface area contributed by atoms with Crippen molar-refractivity contribution in [2.24, 2.45) is 5.73 Å². The van der Waals surface area contributed by atoms with Crippen LogP contribution in [0, 0.1) is 12.7 Å². The minimum atomic E-state index is -1.60. The van der Waals surface area contributed by atoms with E-state index in [-0.39, 0.29) is 12.6 Å². The first-order valence-corrected chi connectivity index (χ1v) is 14.6. The molecule has 4 N–H and O–H groups in total. The number of hydrogen-bond acceptors (Lipinski definition) is 9. The molecule has 1 aliphatic carbocycles. The molecule has 13 heteroatoms. The summed E-state index contributed by atoms with van der Waals surface area (Å²) in [5.74, 6) is -1.43. The van der Waals surface area contributed by atoms with Gasteiger partial charge in [0.15, 0.2) is 0 Å². The number of benzene rings is 1. The summed E-state index contributed by atoms with van der Waals surface area (Å²) >= 11 is 1.26. The summed E-state index contributed by atoms with van der Waals surface area (Å²) in [5.41, 5.74) is 5.51. The molecule has 0 saturated heterocycles. The van der Waals surface area contributed by atoms with Gasteiger partial charge in [-0.05, 0) is 70.7 Å². The van der Waals surface area contributed by atoms with E-state index < -0.39 is 41.7 Å². The number of thiophene rings is 1. The van der Waals surface area contributed by atoms with Gasteiger partial charge >= 0.3 is 0 Å². The van der Waals surface area contributed by atoms with E-state index in [0.29, 0.717) is 58.1 Å². The zero-order valence-corrected chi connectivity index (χ0v) is 24.8. The number of primary amides is 1. The summed E-state index contributed by atoms with van der Waals surface area (Å²) in [6.07, 6.45) is 2.66. The second-order valence-electron chi connectivity index (χ2n) is 11.2. The van der Waals surface area contributed by atoms with Crippen molar-refractivity contribution in [2.45, 2.75) is 76.7 Å². The highest BCUT2D eigenvalue weighted by Gasteiger charge is 2.49. The lowest BCUT2D eigenvalue weighted by molar-refractivity contribution is -0.133. The highest BCUT2D eigenvalue weighted by Crippen LogP contribution is 2.46. The van der Waals surface area contributed by atoms with Crippen molar-refractivity contribution in [3.63, 3.8) is 0 Å². The molecule has 1 saturated carbocycles. The van der Waals surface area contributed by atoms with Crippen LogP contribution in [0.5, 0.6) is 5.75 Å². The van der Waals surface area contributed by atoms with E-state index in [2.05, 4.69) is 5.10 Å². The molecule has 0 radical (unpaired) electrons. The van der Waals surface area contributed by atoms with E-state index >= 15 is 0 Å². The summed E-state index contributed by atoms with van der Waals surface area (Å²) in [5, 5.41) is 27.3. The fourth-order valence-electron chi connectivity index (χ4n) is 5.62. The fourth-order valence-corrected chi connectivity index (χ4v) is 6.89. The van der Waals surface area contributed by atoms with E-state index in [9.17, 15) is 24.2 Å². The summed E-state index contributed by atoms with van der Waals surface area (Å²) in [4.78, 5) is 29.2. The lowest BCUT2D eigenvalue weighted by atomic mass is 9.94. The molecular weight excluding hydrogens is 565 g/mol. The molecule has 11 nitrogen and oxygen atoms in total. The molecular formula is C29H36FN5O6S. The van der Waals surface area contributed by atoms with Gasteiger partial charge in [0.25, 0.3) is 5.91 Å². The normalized spacial score (nSPS) is 21.8. The van der Waals surface area contributed by atoms with Gasteiger partial charge in [0.2, 0.25) is 12.3 Å². The van der Waals surface area contributed by atoms with E-state index in [1.54, 1.807) is 35.0 Å². The quantitative estimate of drug-likeness (QED) is 0.339. The van der Waals surface area contributed by atoms with Gasteiger partial charge in [0.05, 0.1) is 31.4 Å². The maximum Gasteiger partial charge on any atom is 0.261 e. The predicted octanol–water partition coefficient (Wildman–Crippen LogP) is 3.25. The molecule has 0 bridgehead atoms. The highest BCUT2D eigenvalue weighted by molar-refractivity contribution is 7.19. The zero-order chi connectivity index (χ0) is 30.3.